The standard InChI is InChI=1S/C21H19N5O3S2/c1-9-4-7-13(30-9)16-15(11(3)27)10(2)23-21-17(16)18(22)19(31-21)20(28)24-14-8-26(25-29-14)12-5-6-12/h4,7-8,12H,5-6H2,1-3H3,(H2-,22,24,25,28). The van der Waals surface area contributed by atoms with Gasteiger partial charge in [-0.1, -0.05) is 0 Å². The second-order valence-electron chi connectivity index (χ2n) is 7.61. The normalized spacial score (nSPS) is 14.5. The van der Waals surface area contributed by atoms with E-state index in [0.717, 1.165) is 28.2 Å². The van der Waals surface area contributed by atoms with Crippen LogP contribution in [0, 0.1) is 13.8 Å². The van der Waals surface area contributed by atoms with Crippen molar-refractivity contribution in [3.8, 4) is 10.4 Å². The van der Waals surface area contributed by atoms with Crippen LogP contribution in [-0.4, -0.2) is 21.9 Å². The lowest BCUT2D eigenvalue weighted by molar-refractivity contribution is -0.765. The van der Waals surface area contributed by atoms with Gasteiger partial charge in [0.15, 0.2) is 11.8 Å². The number of Topliss-reactive ketones (excluding diaryl/α,β-unsaturated/α-hetero) is 1. The van der Waals surface area contributed by atoms with Crippen LogP contribution < -0.4 is 15.5 Å². The minimum absolute atomic E-state index is 0.0950. The quantitative estimate of drug-likeness (QED) is 0.214. The van der Waals surface area contributed by atoms with Crippen molar-refractivity contribution < 1.29 is 19.1 Å². The van der Waals surface area contributed by atoms with Gasteiger partial charge in [-0.15, -0.1) is 22.7 Å². The molecule has 4 aromatic heterocycles. The third-order valence-electron chi connectivity index (χ3n) is 5.19. The smallest absolute Gasteiger partial charge is 0.320 e. The fourth-order valence-corrected chi connectivity index (χ4v) is 5.59. The molecular weight excluding hydrogens is 434 g/mol. The second-order valence-corrected chi connectivity index (χ2v) is 9.89. The number of carbonyl (C=O) groups is 1. The Labute approximate surface area is 185 Å². The molecule has 8 nitrogen and oxygen atoms in total. The third-order valence-corrected chi connectivity index (χ3v) is 7.30. The van der Waals surface area contributed by atoms with Gasteiger partial charge in [0.25, 0.3) is 6.20 Å². The minimum atomic E-state index is -0.519. The van der Waals surface area contributed by atoms with Gasteiger partial charge in [0.2, 0.25) is 5.27 Å². The number of aromatic nitrogens is 3. The average molecular weight is 454 g/mol. The van der Waals surface area contributed by atoms with Gasteiger partial charge in [0.1, 0.15) is 4.83 Å². The minimum Gasteiger partial charge on any atom is -0.857 e. The summed E-state index contributed by atoms with van der Waals surface area (Å²) in [5, 5.41) is 17.5. The molecule has 0 amide bonds. The number of nitrogens with zero attached hydrogens (tertiary/aromatic N) is 4. The van der Waals surface area contributed by atoms with E-state index in [1.165, 1.54) is 18.3 Å². The summed E-state index contributed by atoms with van der Waals surface area (Å²) in [5.74, 6) is -0.478. The first kappa shape index (κ1) is 19.8. The maximum Gasteiger partial charge on any atom is 0.320 e. The first-order valence-corrected chi connectivity index (χ1v) is 11.4. The van der Waals surface area contributed by atoms with Crippen LogP contribution in [0.1, 0.15) is 51.6 Å². The number of anilines is 1. The van der Waals surface area contributed by atoms with Crippen LogP contribution in [0.3, 0.4) is 0 Å². The molecule has 0 saturated heterocycles. The van der Waals surface area contributed by atoms with E-state index in [0.29, 0.717) is 27.5 Å². The van der Waals surface area contributed by atoms with Crippen molar-refractivity contribution >= 4 is 56.1 Å². The lowest BCUT2D eigenvalue weighted by atomic mass is 9.98. The number of aliphatic imine (C=N–C) groups is 1. The van der Waals surface area contributed by atoms with Crippen molar-refractivity contribution in [3.05, 3.63) is 39.3 Å². The number of thiophene rings is 2. The zero-order valence-corrected chi connectivity index (χ0v) is 18.8. The summed E-state index contributed by atoms with van der Waals surface area (Å²) in [6.45, 7) is 5.32. The number of pyridine rings is 1. The monoisotopic (exact) mass is 453 g/mol. The molecule has 1 aliphatic rings. The van der Waals surface area contributed by atoms with E-state index in [1.54, 1.807) is 29.1 Å². The molecule has 0 aromatic carbocycles. The summed E-state index contributed by atoms with van der Waals surface area (Å²) in [4.78, 5) is 24.0. The van der Waals surface area contributed by atoms with Crippen LogP contribution in [0.5, 0.6) is 0 Å². The van der Waals surface area contributed by atoms with E-state index in [4.69, 9.17) is 10.3 Å². The Bertz CT molecular complexity index is 1380. The molecule has 4 aromatic rings. The molecule has 10 heteroatoms. The predicted molar refractivity (Wildman–Crippen MR) is 118 cm³/mol. The number of rotatable bonds is 5. The van der Waals surface area contributed by atoms with Crippen molar-refractivity contribution in [3.63, 3.8) is 0 Å². The van der Waals surface area contributed by atoms with Crippen LogP contribution in [0.15, 0.2) is 27.8 Å². The van der Waals surface area contributed by atoms with Crippen molar-refractivity contribution in [1.82, 2.24) is 10.3 Å². The number of hydrogen-bond donors (Lipinski definition) is 1. The molecule has 0 bridgehead atoms. The molecule has 4 heterocycles. The number of fused-ring (bicyclic) bond motifs is 1. The Balaban J connectivity index is 1.69. The van der Waals surface area contributed by atoms with E-state index in [1.807, 2.05) is 19.1 Å². The predicted octanol–water partition coefficient (Wildman–Crippen LogP) is 3.48. The number of aryl methyl sites for hydroxylation is 2. The molecule has 1 saturated carbocycles. The highest BCUT2D eigenvalue weighted by Crippen LogP contribution is 2.44. The molecule has 0 unspecified atom stereocenters. The number of carbonyl (C=O) groups excluding carboxylic acids is 1. The number of nitrogens with two attached hydrogens (primary N) is 1. The van der Waals surface area contributed by atoms with Crippen LogP contribution >= 0.6 is 22.7 Å². The zero-order valence-electron chi connectivity index (χ0n) is 17.1. The Morgan fingerprint density at radius 3 is 2.74 bits per heavy atom. The van der Waals surface area contributed by atoms with E-state index in [9.17, 15) is 9.90 Å². The summed E-state index contributed by atoms with van der Waals surface area (Å²) in [7, 11) is 0. The van der Waals surface area contributed by atoms with Gasteiger partial charge in [0.05, 0.1) is 16.3 Å². The van der Waals surface area contributed by atoms with Crippen molar-refractivity contribution in [2.75, 3.05) is 5.73 Å². The fourth-order valence-electron chi connectivity index (χ4n) is 3.63. The van der Waals surface area contributed by atoms with Gasteiger partial charge in [-0.25, -0.2) is 9.98 Å². The summed E-state index contributed by atoms with van der Waals surface area (Å²) < 4.78 is 6.85. The van der Waals surface area contributed by atoms with E-state index < -0.39 is 5.90 Å². The van der Waals surface area contributed by atoms with E-state index in [2.05, 4.69) is 15.2 Å². The molecule has 1 fully saturated rings. The largest absolute Gasteiger partial charge is 0.857 e. The molecule has 0 radical (unpaired) electrons. The summed E-state index contributed by atoms with van der Waals surface area (Å²) in [5.41, 5.74) is 8.59. The molecule has 5 rings (SSSR count). The highest BCUT2D eigenvalue weighted by atomic mass is 32.1. The number of nitrogen functional groups attached to an aromatic ring is 1. The highest BCUT2D eigenvalue weighted by Gasteiger charge is 2.35. The molecule has 2 N–H and O–H groups in total. The molecule has 0 aliphatic heterocycles. The Kier molecular flexibility index (Phi) is 4.63. The van der Waals surface area contributed by atoms with Crippen LogP contribution in [0.2, 0.25) is 0 Å². The molecule has 158 valence electrons. The van der Waals surface area contributed by atoms with Gasteiger partial charge in [-0.2, -0.15) is 0 Å². The first-order valence-electron chi connectivity index (χ1n) is 9.78. The van der Waals surface area contributed by atoms with Crippen molar-refractivity contribution in [2.45, 2.75) is 39.7 Å². The van der Waals surface area contributed by atoms with Gasteiger partial charge < -0.3 is 10.8 Å². The fraction of sp³-hybridized carbons (Fsp3) is 0.286. The summed E-state index contributed by atoms with van der Waals surface area (Å²) in [6.07, 6.45) is 3.71. The Hall–Kier alpha value is -3.11. The number of hydrogen-bond acceptors (Lipinski definition) is 9. The number of ketones is 1. The highest BCUT2D eigenvalue weighted by molar-refractivity contribution is 7.21. The Morgan fingerprint density at radius 2 is 2.10 bits per heavy atom. The molecule has 0 spiro atoms. The summed E-state index contributed by atoms with van der Waals surface area (Å²) >= 11 is 2.74. The lowest BCUT2D eigenvalue weighted by Gasteiger charge is -2.11. The second kappa shape index (κ2) is 7.24. The van der Waals surface area contributed by atoms with Crippen LogP contribution in [-0.2, 0) is 0 Å². The topological polar surface area (TPSA) is 121 Å². The van der Waals surface area contributed by atoms with E-state index in [-0.39, 0.29) is 22.2 Å². The third kappa shape index (κ3) is 3.41. The van der Waals surface area contributed by atoms with Crippen LogP contribution in [0.25, 0.3) is 20.7 Å². The van der Waals surface area contributed by atoms with Crippen molar-refractivity contribution in [2.24, 2.45) is 4.99 Å². The maximum absolute atomic E-state index is 12.9. The average Bonchev–Trinajstić information content (AvgIpc) is 3.15. The van der Waals surface area contributed by atoms with Gasteiger partial charge >= 0.3 is 5.88 Å². The van der Waals surface area contributed by atoms with Gasteiger partial charge in [-0.3, -0.25) is 9.32 Å². The van der Waals surface area contributed by atoms with Crippen LogP contribution in [0.4, 0.5) is 11.6 Å². The molecule has 1 aliphatic carbocycles. The first-order chi connectivity index (χ1) is 14.8. The van der Waals surface area contributed by atoms with Gasteiger partial charge in [-0.05, 0) is 37.6 Å². The Morgan fingerprint density at radius 1 is 1.32 bits per heavy atom. The lowest BCUT2D eigenvalue weighted by Crippen LogP contribution is -2.32. The maximum atomic E-state index is 12.9. The SMILES string of the molecule is CC(=O)c1c(C)nc2sc(/C([O-])=N/c3c[n+](C4CC4)no3)c(N)c2c1-c1ccc(C)s1. The molecule has 31 heavy (non-hydrogen) atoms. The zero-order chi connectivity index (χ0) is 21.9. The van der Waals surface area contributed by atoms with Crippen molar-refractivity contribution in [1.29, 1.82) is 0 Å². The summed E-state index contributed by atoms with van der Waals surface area (Å²) in [6, 6.07) is 4.29. The molecule has 0 atom stereocenters. The van der Waals surface area contributed by atoms with Gasteiger partial charge in [0, 0.05) is 45.0 Å². The molecular formula is C21H19N5O3S2. The van der Waals surface area contributed by atoms with E-state index >= 15 is 0 Å².